The molecule has 0 saturated heterocycles. The molecule has 0 fully saturated rings. The van der Waals surface area contributed by atoms with Crippen LogP contribution in [0.2, 0.25) is 5.02 Å². The molecule has 0 atom stereocenters. The molecule has 2 aromatic heterocycles. The third-order valence-electron chi connectivity index (χ3n) is 4.81. The first-order valence-corrected chi connectivity index (χ1v) is 10.2. The molecule has 1 aliphatic rings. The predicted octanol–water partition coefficient (Wildman–Crippen LogP) is 4.51. The lowest BCUT2D eigenvalue weighted by molar-refractivity contribution is 0.239. The molecule has 0 aliphatic carbocycles. The van der Waals surface area contributed by atoms with E-state index in [1.165, 1.54) is 0 Å². The zero-order chi connectivity index (χ0) is 19.0. The van der Waals surface area contributed by atoms with Gasteiger partial charge in [-0.15, -0.1) is 0 Å². The molecule has 1 aromatic carbocycles. The van der Waals surface area contributed by atoms with Gasteiger partial charge in [0.1, 0.15) is 11.4 Å². The first-order valence-electron chi connectivity index (χ1n) is 9.02. The maximum Gasteiger partial charge on any atom is 0.342 e. The molecule has 140 valence electrons. The second-order valence-corrected chi connectivity index (χ2v) is 8.08. The molecule has 27 heavy (non-hydrogen) atoms. The highest BCUT2D eigenvalue weighted by Gasteiger charge is 2.22. The van der Waals surface area contributed by atoms with Gasteiger partial charge in [-0.2, -0.15) is 0 Å². The van der Waals surface area contributed by atoms with E-state index in [2.05, 4.69) is 37.7 Å². The van der Waals surface area contributed by atoms with Gasteiger partial charge in [0.25, 0.3) is 0 Å². The van der Waals surface area contributed by atoms with Gasteiger partial charge < -0.3 is 4.42 Å². The standard InChI is InChI=1S/C20H19BrClN3O2/c1-2-3-18-23-9-12-10-25(7-6-16(12)24-18)11-15-19(22)14-8-13(21)4-5-17(14)27-20(15)26/h4-5,8-9H,2-3,6-7,10-11H2,1H3. The van der Waals surface area contributed by atoms with E-state index in [9.17, 15) is 4.79 Å². The Hall–Kier alpha value is -1.76. The molecule has 3 heterocycles. The molecule has 3 aromatic rings. The second kappa shape index (κ2) is 7.70. The highest BCUT2D eigenvalue weighted by atomic mass is 79.9. The normalized spacial score (nSPS) is 14.5. The number of rotatable bonds is 4. The molecule has 0 unspecified atom stereocenters. The van der Waals surface area contributed by atoms with Crippen molar-refractivity contribution in [2.24, 2.45) is 0 Å². The van der Waals surface area contributed by atoms with Crippen LogP contribution in [0, 0.1) is 0 Å². The van der Waals surface area contributed by atoms with Crippen molar-refractivity contribution < 1.29 is 4.42 Å². The summed E-state index contributed by atoms with van der Waals surface area (Å²) < 4.78 is 6.36. The van der Waals surface area contributed by atoms with E-state index in [1.807, 2.05) is 18.3 Å². The van der Waals surface area contributed by atoms with Gasteiger partial charge in [0.15, 0.2) is 0 Å². The molecule has 5 nitrogen and oxygen atoms in total. The van der Waals surface area contributed by atoms with Gasteiger partial charge in [-0.3, -0.25) is 4.90 Å². The summed E-state index contributed by atoms with van der Waals surface area (Å²) in [4.78, 5) is 23.8. The van der Waals surface area contributed by atoms with Crippen molar-refractivity contribution in [3.8, 4) is 0 Å². The van der Waals surface area contributed by atoms with E-state index < -0.39 is 0 Å². The second-order valence-electron chi connectivity index (χ2n) is 6.79. The molecule has 0 amide bonds. The molecule has 1 aliphatic heterocycles. The Morgan fingerprint density at radius 3 is 3.04 bits per heavy atom. The van der Waals surface area contributed by atoms with Crippen LogP contribution in [0.15, 0.2) is 38.1 Å². The van der Waals surface area contributed by atoms with Crippen LogP contribution in [-0.2, 0) is 25.9 Å². The Morgan fingerprint density at radius 1 is 1.37 bits per heavy atom. The zero-order valence-corrected chi connectivity index (χ0v) is 17.3. The van der Waals surface area contributed by atoms with Crippen molar-refractivity contribution in [3.63, 3.8) is 0 Å². The third kappa shape index (κ3) is 3.79. The molecule has 4 rings (SSSR count). The van der Waals surface area contributed by atoms with Crippen LogP contribution >= 0.6 is 27.5 Å². The minimum Gasteiger partial charge on any atom is -0.422 e. The van der Waals surface area contributed by atoms with Crippen molar-refractivity contribution in [2.45, 2.75) is 39.3 Å². The van der Waals surface area contributed by atoms with Crippen LogP contribution in [0.25, 0.3) is 11.0 Å². The van der Waals surface area contributed by atoms with Crippen LogP contribution in [-0.4, -0.2) is 21.4 Å². The van der Waals surface area contributed by atoms with Crippen molar-refractivity contribution in [3.05, 3.63) is 67.0 Å². The van der Waals surface area contributed by atoms with Crippen molar-refractivity contribution in [1.82, 2.24) is 14.9 Å². The number of hydrogen-bond acceptors (Lipinski definition) is 5. The fraction of sp³-hybridized carbons (Fsp3) is 0.350. The van der Waals surface area contributed by atoms with Crippen LogP contribution in [0.5, 0.6) is 0 Å². The van der Waals surface area contributed by atoms with Crippen LogP contribution < -0.4 is 5.63 Å². The van der Waals surface area contributed by atoms with Crippen LogP contribution in [0.1, 0.15) is 36.0 Å². The monoisotopic (exact) mass is 447 g/mol. The number of fused-ring (bicyclic) bond motifs is 2. The number of hydrogen-bond donors (Lipinski definition) is 0. The van der Waals surface area contributed by atoms with Crippen LogP contribution in [0.3, 0.4) is 0 Å². The van der Waals surface area contributed by atoms with Crippen LogP contribution in [0.4, 0.5) is 0 Å². The van der Waals surface area contributed by atoms with Gasteiger partial charge in [0.05, 0.1) is 10.6 Å². The first-order chi connectivity index (χ1) is 13.0. The van der Waals surface area contributed by atoms with Crippen molar-refractivity contribution >= 4 is 38.5 Å². The van der Waals surface area contributed by atoms with E-state index in [0.29, 0.717) is 29.3 Å². The molecular formula is C20H19BrClN3O2. The Labute approximate surface area is 170 Å². The Kier molecular flexibility index (Phi) is 5.30. The molecule has 0 spiro atoms. The molecule has 0 radical (unpaired) electrons. The highest BCUT2D eigenvalue weighted by molar-refractivity contribution is 9.10. The Morgan fingerprint density at radius 2 is 2.22 bits per heavy atom. The first kappa shape index (κ1) is 18.6. The topological polar surface area (TPSA) is 59.2 Å². The summed E-state index contributed by atoms with van der Waals surface area (Å²) in [6.07, 6.45) is 4.70. The van der Waals surface area contributed by atoms with Gasteiger partial charge in [-0.05, 0) is 24.6 Å². The molecule has 0 saturated carbocycles. The maximum atomic E-state index is 12.5. The number of aryl methyl sites for hydroxylation is 1. The summed E-state index contributed by atoms with van der Waals surface area (Å²) >= 11 is 10.0. The summed E-state index contributed by atoms with van der Waals surface area (Å²) in [6, 6.07) is 5.45. The molecule has 0 bridgehead atoms. The van der Waals surface area contributed by atoms with E-state index in [0.717, 1.165) is 52.7 Å². The lowest BCUT2D eigenvalue weighted by Gasteiger charge is -2.28. The number of aromatic nitrogens is 2. The summed E-state index contributed by atoms with van der Waals surface area (Å²) in [5.41, 5.74) is 2.85. The zero-order valence-electron chi connectivity index (χ0n) is 15.0. The number of benzene rings is 1. The predicted molar refractivity (Wildman–Crippen MR) is 109 cm³/mol. The third-order valence-corrected chi connectivity index (χ3v) is 5.74. The number of nitrogens with zero attached hydrogens (tertiary/aromatic N) is 3. The van der Waals surface area contributed by atoms with E-state index in [1.54, 1.807) is 6.07 Å². The summed E-state index contributed by atoms with van der Waals surface area (Å²) in [5.74, 6) is 0.911. The lowest BCUT2D eigenvalue weighted by atomic mass is 10.1. The van der Waals surface area contributed by atoms with E-state index in [4.69, 9.17) is 16.0 Å². The fourth-order valence-corrected chi connectivity index (χ4v) is 4.07. The van der Waals surface area contributed by atoms with Gasteiger partial charge in [-0.25, -0.2) is 14.8 Å². The summed E-state index contributed by atoms with van der Waals surface area (Å²) in [6.45, 7) is 4.09. The summed E-state index contributed by atoms with van der Waals surface area (Å²) in [7, 11) is 0. The quantitative estimate of drug-likeness (QED) is 0.550. The molecular weight excluding hydrogens is 430 g/mol. The average molecular weight is 449 g/mol. The SMILES string of the molecule is CCCc1ncc2c(n1)CCN(Cc1c(Cl)c3cc(Br)ccc3oc1=O)C2. The fourth-order valence-electron chi connectivity index (χ4n) is 3.43. The van der Waals surface area contributed by atoms with Crippen molar-refractivity contribution in [1.29, 1.82) is 0 Å². The smallest absolute Gasteiger partial charge is 0.342 e. The Balaban J connectivity index is 1.61. The largest absolute Gasteiger partial charge is 0.422 e. The van der Waals surface area contributed by atoms with E-state index in [-0.39, 0.29) is 5.63 Å². The lowest BCUT2D eigenvalue weighted by Crippen LogP contribution is -2.32. The van der Waals surface area contributed by atoms with Gasteiger partial charge in [0.2, 0.25) is 0 Å². The highest BCUT2D eigenvalue weighted by Crippen LogP contribution is 2.29. The van der Waals surface area contributed by atoms with E-state index >= 15 is 0 Å². The Bertz CT molecular complexity index is 1070. The van der Waals surface area contributed by atoms with Crippen molar-refractivity contribution in [2.75, 3.05) is 6.54 Å². The van der Waals surface area contributed by atoms with Gasteiger partial charge in [-0.1, -0.05) is 34.5 Å². The minimum atomic E-state index is -0.379. The molecule has 7 heteroatoms. The summed E-state index contributed by atoms with van der Waals surface area (Å²) in [5, 5.41) is 1.20. The maximum absolute atomic E-state index is 12.5. The van der Waals surface area contributed by atoms with Gasteiger partial charge in [0, 0.05) is 59.8 Å². The minimum absolute atomic E-state index is 0.379. The number of halogens is 2. The molecule has 0 N–H and O–H groups in total. The average Bonchev–Trinajstić information content (AvgIpc) is 2.66. The van der Waals surface area contributed by atoms with Gasteiger partial charge >= 0.3 is 5.63 Å².